The van der Waals surface area contributed by atoms with Gasteiger partial charge < -0.3 is 15.5 Å². The molecule has 2 aromatic carbocycles. The fraction of sp³-hybridized carbons (Fsp3) is 0.355. The van der Waals surface area contributed by atoms with Crippen LogP contribution in [0.25, 0.3) is 0 Å². The number of nitrogens with one attached hydrogen (secondary N) is 2. The standard InChI is InChI=1S/C31H34FN5O2.H2/c1-5-23-16-21(4)26(17-27(23)36-29(38)24-8-11-28(34-19-24)35-20(2)3)30(39)37-14-12-31(32,13-15-37)25-9-6-22(18-33)7-10-25;/h6-11,16-17,19-20H,5,12-15H2,1-4H3,(H,34,35)(H,36,38);1H. The molecule has 0 atom stereocenters. The van der Waals surface area contributed by atoms with Crippen LogP contribution in [0.3, 0.4) is 0 Å². The summed E-state index contributed by atoms with van der Waals surface area (Å²) in [4.78, 5) is 32.5. The number of aryl methyl sites for hydroxylation is 2. The second kappa shape index (κ2) is 11.6. The highest BCUT2D eigenvalue weighted by Gasteiger charge is 2.38. The van der Waals surface area contributed by atoms with Gasteiger partial charge in [-0.1, -0.05) is 25.1 Å². The van der Waals surface area contributed by atoms with Gasteiger partial charge in [-0.25, -0.2) is 9.37 Å². The Balaban J connectivity index is 0.00000441. The third kappa shape index (κ3) is 6.26. The average Bonchev–Trinajstić information content (AvgIpc) is 2.94. The van der Waals surface area contributed by atoms with Crippen molar-refractivity contribution in [2.75, 3.05) is 23.7 Å². The van der Waals surface area contributed by atoms with E-state index in [4.69, 9.17) is 5.26 Å². The summed E-state index contributed by atoms with van der Waals surface area (Å²) in [6, 6.07) is 16.0. The molecule has 2 amide bonds. The van der Waals surface area contributed by atoms with Crippen LogP contribution in [0.1, 0.15) is 78.0 Å². The Hall–Kier alpha value is -4.25. The summed E-state index contributed by atoms with van der Waals surface area (Å²) >= 11 is 0. The molecule has 2 N–H and O–H groups in total. The maximum absolute atomic E-state index is 15.7. The number of benzene rings is 2. The van der Waals surface area contributed by atoms with Crippen LogP contribution in [0.2, 0.25) is 0 Å². The highest BCUT2D eigenvalue weighted by Crippen LogP contribution is 2.37. The van der Waals surface area contributed by atoms with Gasteiger partial charge in [-0.3, -0.25) is 9.59 Å². The number of hydrogen-bond donors (Lipinski definition) is 2. The van der Waals surface area contributed by atoms with Crippen molar-refractivity contribution < 1.29 is 15.4 Å². The van der Waals surface area contributed by atoms with Crippen molar-refractivity contribution >= 4 is 23.3 Å². The second-order valence-electron chi connectivity index (χ2n) is 10.3. The quantitative estimate of drug-likeness (QED) is 0.377. The number of carbonyl (C=O) groups is 2. The van der Waals surface area contributed by atoms with Gasteiger partial charge in [-0.05, 0) is 74.2 Å². The van der Waals surface area contributed by atoms with E-state index in [0.29, 0.717) is 40.2 Å². The van der Waals surface area contributed by atoms with Crippen molar-refractivity contribution in [3.05, 3.63) is 88.1 Å². The minimum atomic E-state index is -1.54. The van der Waals surface area contributed by atoms with E-state index in [1.165, 1.54) is 6.20 Å². The highest BCUT2D eigenvalue weighted by molar-refractivity contribution is 6.05. The molecule has 0 unspecified atom stereocenters. The summed E-state index contributed by atoms with van der Waals surface area (Å²) in [5.74, 6) is 0.202. The number of aromatic nitrogens is 1. The zero-order valence-corrected chi connectivity index (χ0v) is 22.8. The molecule has 0 aliphatic carbocycles. The van der Waals surface area contributed by atoms with E-state index in [-0.39, 0.29) is 45.2 Å². The molecule has 1 aliphatic heterocycles. The van der Waals surface area contributed by atoms with E-state index in [0.717, 1.165) is 11.1 Å². The average molecular weight is 530 g/mol. The second-order valence-corrected chi connectivity index (χ2v) is 10.3. The van der Waals surface area contributed by atoms with E-state index in [1.54, 1.807) is 47.4 Å². The molecule has 204 valence electrons. The molecule has 0 bridgehead atoms. The first-order valence-corrected chi connectivity index (χ1v) is 13.3. The van der Waals surface area contributed by atoms with Crippen molar-refractivity contribution in [1.29, 1.82) is 5.26 Å². The molecule has 2 heterocycles. The number of nitrogens with zero attached hydrogens (tertiary/aromatic N) is 3. The number of pyridine rings is 1. The number of anilines is 2. The van der Waals surface area contributed by atoms with Crippen molar-refractivity contribution in [1.82, 2.24) is 9.88 Å². The van der Waals surface area contributed by atoms with Crippen LogP contribution in [0, 0.1) is 18.3 Å². The Kier molecular flexibility index (Phi) is 8.29. The summed E-state index contributed by atoms with van der Waals surface area (Å²) in [7, 11) is 0. The van der Waals surface area contributed by atoms with Crippen LogP contribution in [-0.4, -0.2) is 40.8 Å². The van der Waals surface area contributed by atoms with Gasteiger partial charge in [0.2, 0.25) is 0 Å². The minimum absolute atomic E-state index is 0. The lowest BCUT2D eigenvalue weighted by atomic mass is 9.85. The molecular formula is C31H36FN5O2. The first-order valence-electron chi connectivity index (χ1n) is 13.3. The molecule has 0 saturated carbocycles. The molecule has 1 aliphatic rings. The van der Waals surface area contributed by atoms with Crippen molar-refractivity contribution in [2.24, 2.45) is 0 Å². The number of rotatable bonds is 7. The summed E-state index contributed by atoms with van der Waals surface area (Å²) in [5.41, 5.74) is 2.69. The number of piperidine rings is 1. The SMILES string of the molecule is CCc1cc(C)c(C(=O)N2CCC(F)(c3ccc(C#N)cc3)CC2)cc1NC(=O)c1ccc(NC(C)C)nc1.[HH]. The molecule has 1 aromatic heterocycles. The zero-order chi connectivity index (χ0) is 28.2. The molecule has 3 aromatic rings. The van der Waals surface area contributed by atoms with Crippen LogP contribution in [0.5, 0.6) is 0 Å². The van der Waals surface area contributed by atoms with Gasteiger partial charge in [0.05, 0.1) is 17.2 Å². The predicted molar refractivity (Wildman–Crippen MR) is 153 cm³/mol. The number of halogens is 1. The van der Waals surface area contributed by atoms with Gasteiger partial charge in [0.15, 0.2) is 0 Å². The van der Waals surface area contributed by atoms with Gasteiger partial charge in [-0.15, -0.1) is 0 Å². The number of alkyl halides is 1. The molecule has 8 heteroatoms. The number of amides is 2. The number of nitriles is 1. The van der Waals surface area contributed by atoms with Gasteiger partial charge in [-0.2, -0.15) is 5.26 Å². The van der Waals surface area contributed by atoms with Crippen molar-refractivity contribution in [2.45, 2.75) is 58.7 Å². The van der Waals surface area contributed by atoms with Crippen LogP contribution in [0.15, 0.2) is 54.7 Å². The molecule has 1 saturated heterocycles. The van der Waals surface area contributed by atoms with E-state index < -0.39 is 5.67 Å². The third-order valence-corrected chi connectivity index (χ3v) is 7.15. The topological polar surface area (TPSA) is 98.1 Å². The normalized spacial score (nSPS) is 14.5. The number of carbonyl (C=O) groups excluding carboxylic acids is 2. The van der Waals surface area contributed by atoms with E-state index in [9.17, 15) is 9.59 Å². The monoisotopic (exact) mass is 529 g/mol. The lowest BCUT2D eigenvalue weighted by molar-refractivity contribution is 0.0421. The lowest BCUT2D eigenvalue weighted by Gasteiger charge is -2.37. The molecule has 1 fully saturated rings. The van der Waals surface area contributed by atoms with Crippen LogP contribution in [-0.2, 0) is 12.1 Å². The zero-order valence-electron chi connectivity index (χ0n) is 22.8. The summed E-state index contributed by atoms with van der Waals surface area (Å²) in [6.45, 7) is 8.44. The van der Waals surface area contributed by atoms with Gasteiger partial charge in [0.25, 0.3) is 11.8 Å². The smallest absolute Gasteiger partial charge is 0.257 e. The third-order valence-electron chi connectivity index (χ3n) is 7.15. The minimum Gasteiger partial charge on any atom is -0.368 e. The number of likely N-dealkylation sites (tertiary alicyclic amines) is 1. The van der Waals surface area contributed by atoms with Gasteiger partial charge in [0.1, 0.15) is 11.5 Å². The first kappa shape index (κ1) is 27.8. The molecular weight excluding hydrogens is 493 g/mol. The Bertz CT molecular complexity index is 1390. The Morgan fingerprint density at radius 3 is 2.41 bits per heavy atom. The van der Waals surface area contributed by atoms with Crippen LogP contribution in [0.4, 0.5) is 15.9 Å². The molecule has 0 radical (unpaired) electrons. The van der Waals surface area contributed by atoms with Gasteiger partial charge >= 0.3 is 0 Å². The fourth-order valence-corrected chi connectivity index (χ4v) is 4.88. The largest absolute Gasteiger partial charge is 0.368 e. The van der Waals surface area contributed by atoms with Crippen molar-refractivity contribution in [3.63, 3.8) is 0 Å². The Morgan fingerprint density at radius 1 is 1.15 bits per heavy atom. The maximum Gasteiger partial charge on any atom is 0.257 e. The predicted octanol–water partition coefficient (Wildman–Crippen LogP) is 6.24. The van der Waals surface area contributed by atoms with Crippen LogP contribution < -0.4 is 10.6 Å². The summed E-state index contributed by atoms with van der Waals surface area (Å²) in [6.07, 6.45) is 2.56. The molecule has 0 spiro atoms. The van der Waals surface area contributed by atoms with Gasteiger partial charge in [0, 0.05) is 50.8 Å². The van der Waals surface area contributed by atoms with E-state index in [2.05, 4.69) is 15.6 Å². The van der Waals surface area contributed by atoms with E-state index in [1.807, 2.05) is 39.8 Å². The lowest BCUT2D eigenvalue weighted by Crippen LogP contribution is -2.43. The van der Waals surface area contributed by atoms with Crippen LogP contribution >= 0.6 is 0 Å². The molecule has 39 heavy (non-hydrogen) atoms. The molecule has 7 nitrogen and oxygen atoms in total. The summed E-state index contributed by atoms with van der Waals surface area (Å²) in [5, 5.41) is 15.2. The first-order chi connectivity index (χ1) is 18.6. The van der Waals surface area contributed by atoms with E-state index >= 15 is 4.39 Å². The maximum atomic E-state index is 15.7. The Labute approximate surface area is 230 Å². The number of hydrogen-bond acceptors (Lipinski definition) is 5. The fourth-order valence-electron chi connectivity index (χ4n) is 4.88. The summed E-state index contributed by atoms with van der Waals surface area (Å²) < 4.78 is 15.7. The molecule has 4 rings (SSSR count). The Morgan fingerprint density at radius 2 is 1.85 bits per heavy atom. The van der Waals surface area contributed by atoms with Crippen molar-refractivity contribution in [3.8, 4) is 6.07 Å². The highest BCUT2D eigenvalue weighted by atomic mass is 19.1.